The van der Waals surface area contributed by atoms with Crippen LogP contribution >= 0.6 is 0 Å². The van der Waals surface area contributed by atoms with E-state index in [9.17, 15) is 5.11 Å². The van der Waals surface area contributed by atoms with Crippen molar-refractivity contribution < 1.29 is 14.6 Å². The fourth-order valence-electron chi connectivity index (χ4n) is 2.04. The average Bonchev–Trinajstić information content (AvgIpc) is 2.36. The second-order valence-corrected chi connectivity index (χ2v) is 3.92. The highest BCUT2D eigenvalue weighted by molar-refractivity contribution is 5.94. The van der Waals surface area contributed by atoms with Gasteiger partial charge in [-0.3, -0.25) is 0 Å². The van der Waals surface area contributed by atoms with E-state index in [4.69, 9.17) is 9.47 Å². The molecule has 0 fully saturated rings. The summed E-state index contributed by atoms with van der Waals surface area (Å²) >= 11 is 0. The molecule has 0 aliphatic carbocycles. The van der Waals surface area contributed by atoms with Crippen LogP contribution in [-0.4, -0.2) is 19.3 Å². The van der Waals surface area contributed by atoms with Gasteiger partial charge in [-0.1, -0.05) is 24.3 Å². The highest BCUT2D eigenvalue weighted by atomic mass is 16.5. The monoisotopic (exact) mass is 232 g/mol. The minimum absolute atomic E-state index is 0.594. The topological polar surface area (TPSA) is 38.7 Å². The van der Waals surface area contributed by atoms with Crippen LogP contribution in [0.4, 0.5) is 0 Å². The Bertz CT molecular complexity index is 532. The molecule has 90 valence electrons. The molecule has 2 rings (SSSR count). The zero-order valence-electron chi connectivity index (χ0n) is 10.2. The molecule has 0 saturated carbocycles. The van der Waals surface area contributed by atoms with Crippen molar-refractivity contribution in [3.8, 4) is 11.5 Å². The Kier molecular flexibility index (Phi) is 3.20. The normalized spacial score (nSPS) is 12.5. The van der Waals surface area contributed by atoms with Gasteiger partial charge in [0, 0.05) is 16.3 Å². The Labute approximate surface area is 101 Å². The Morgan fingerprint density at radius 3 is 2.24 bits per heavy atom. The highest BCUT2D eigenvalue weighted by Gasteiger charge is 2.15. The van der Waals surface area contributed by atoms with E-state index in [0.717, 1.165) is 22.1 Å². The number of fused-ring (bicyclic) bond motifs is 1. The maximum atomic E-state index is 9.78. The lowest BCUT2D eigenvalue weighted by atomic mass is 10.0. The van der Waals surface area contributed by atoms with Gasteiger partial charge in [0.15, 0.2) is 0 Å². The summed E-state index contributed by atoms with van der Waals surface area (Å²) in [7, 11) is 3.24. The molecule has 0 aromatic heterocycles. The molecule has 0 spiro atoms. The van der Waals surface area contributed by atoms with Crippen LogP contribution in [-0.2, 0) is 0 Å². The van der Waals surface area contributed by atoms with Crippen molar-refractivity contribution in [3.63, 3.8) is 0 Å². The molecule has 0 aliphatic rings. The van der Waals surface area contributed by atoms with Crippen molar-refractivity contribution in [2.75, 3.05) is 14.2 Å². The van der Waals surface area contributed by atoms with E-state index in [-0.39, 0.29) is 0 Å². The first-order valence-corrected chi connectivity index (χ1v) is 5.50. The van der Waals surface area contributed by atoms with E-state index in [1.165, 1.54) is 0 Å². The van der Waals surface area contributed by atoms with Crippen LogP contribution in [0, 0.1) is 0 Å². The maximum absolute atomic E-state index is 9.78. The summed E-state index contributed by atoms with van der Waals surface area (Å²) in [5.41, 5.74) is 0.739. The molecule has 0 radical (unpaired) electrons. The first-order valence-electron chi connectivity index (χ1n) is 5.50. The molecule has 0 heterocycles. The number of aliphatic hydroxyl groups is 1. The number of hydrogen-bond donors (Lipinski definition) is 1. The summed E-state index contributed by atoms with van der Waals surface area (Å²) in [6, 6.07) is 9.65. The Morgan fingerprint density at radius 1 is 1.06 bits per heavy atom. The standard InChI is InChI=1S/C14H16O3/c1-9(15)12-8-13(16-2)10-6-4-5-7-11(10)14(12)17-3/h4-9,15H,1-3H3/t9-/m1/s1. The highest BCUT2D eigenvalue weighted by Crippen LogP contribution is 2.39. The van der Waals surface area contributed by atoms with Crippen LogP contribution in [0.15, 0.2) is 30.3 Å². The smallest absolute Gasteiger partial charge is 0.132 e. The van der Waals surface area contributed by atoms with E-state index in [1.54, 1.807) is 21.1 Å². The van der Waals surface area contributed by atoms with Crippen molar-refractivity contribution in [3.05, 3.63) is 35.9 Å². The van der Waals surface area contributed by atoms with Crippen LogP contribution in [0.1, 0.15) is 18.6 Å². The number of rotatable bonds is 3. The summed E-state index contributed by atoms with van der Waals surface area (Å²) in [5.74, 6) is 1.45. The Morgan fingerprint density at radius 2 is 1.71 bits per heavy atom. The zero-order chi connectivity index (χ0) is 12.4. The average molecular weight is 232 g/mol. The van der Waals surface area contributed by atoms with Gasteiger partial charge >= 0.3 is 0 Å². The molecular formula is C14H16O3. The van der Waals surface area contributed by atoms with E-state index >= 15 is 0 Å². The molecule has 0 saturated heterocycles. The van der Waals surface area contributed by atoms with Gasteiger partial charge in [0.25, 0.3) is 0 Å². The lowest BCUT2D eigenvalue weighted by Gasteiger charge is -2.16. The summed E-state index contributed by atoms with van der Waals surface area (Å²) < 4.78 is 10.8. The first kappa shape index (κ1) is 11.7. The van der Waals surface area contributed by atoms with Gasteiger partial charge in [0.1, 0.15) is 11.5 Å². The summed E-state index contributed by atoms with van der Waals surface area (Å²) in [6.07, 6.45) is -0.594. The second kappa shape index (κ2) is 4.63. The van der Waals surface area contributed by atoms with Crippen molar-refractivity contribution in [1.29, 1.82) is 0 Å². The van der Waals surface area contributed by atoms with E-state index in [1.807, 2.05) is 30.3 Å². The van der Waals surface area contributed by atoms with E-state index < -0.39 is 6.10 Å². The molecule has 2 aromatic rings. The number of aliphatic hydroxyl groups excluding tert-OH is 1. The predicted octanol–water partition coefficient (Wildman–Crippen LogP) is 2.91. The minimum Gasteiger partial charge on any atom is -0.496 e. The second-order valence-electron chi connectivity index (χ2n) is 3.92. The molecule has 3 nitrogen and oxygen atoms in total. The van der Waals surface area contributed by atoms with Crippen LogP contribution in [0.5, 0.6) is 11.5 Å². The van der Waals surface area contributed by atoms with E-state index in [2.05, 4.69) is 0 Å². The van der Waals surface area contributed by atoms with Crippen molar-refractivity contribution in [2.45, 2.75) is 13.0 Å². The largest absolute Gasteiger partial charge is 0.496 e. The van der Waals surface area contributed by atoms with Gasteiger partial charge in [-0.25, -0.2) is 0 Å². The quantitative estimate of drug-likeness (QED) is 0.884. The lowest BCUT2D eigenvalue weighted by molar-refractivity contribution is 0.194. The van der Waals surface area contributed by atoms with Crippen LogP contribution in [0.25, 0.3) is 10.8 Å². The SMILES string of the molecule is COc1cc([C@@H](C)O)c(OC)c2ccccc12. The summed E-state index contributed by atoms with van der Waals surface area (Å²) in [4.78, 5) is 0. The van der Waals surface area contributed by atoms with Crippen molar-refractivity contribution in [2.24, 2.45) is 0 Å². The van der Waals surface area contributed by atoms with Crippen molar-refractivity contribution in [1.82, 2.24) is 0 Å². The minimum atomic E-state index is -0.594. The Hall–Kier alpha value is -1.74. The van der Waals surface area contributed by atoms with Gasteiger partial charge in [-0.2, -0.15) is 0 Å². The van der Waals surface area contributed by atoms with Crippen molar-refractivity contribution >= 4 is 10.8 Å². The van der Waals surface area contributed by atoms with Gasteiger partial charge in [0.2, 0.25) is 0 Å². The lowest BCUT2D eigenvalue weighted by Crippen LogP contribution is -1.99. The third-order valence-corrected chi connectivity index (χ3v) is 2.86. The predicted molar refractivity (Wildman–Crippen MR) is 67.7 cm³/mol. The van der Waals surface area contributed by atoms with Gasteiger partial charge in [-0.15, -0.1) is 0 Å². The van der Waals surface area contributed by atoms with E-state index in [0.29, 0.717) is 5.75 Å². The summed E-state index contributed by atoms with van der Waals surface area (Å²) in [6.45, 7) is 1.71. The van der Waals surface area contributed by atoms with Crippen LogP contribution in [0.2, 0.25) is 0 Å². The third kappa shape index (κ3) is 1.94. The molecular weight excluding hydrogens is 216 g/mol. The summed E-state index contributed by atoms with van der Waals surface area (Å²) in [5, 5.41) is 11.7. The molecule has 1 atom stereocenters. The molecule has 17 heavy (non-hydrogen) atoms. The fourth-order valence-corrected chi connectivity index (χ4v) is 2.04. The maximum Gasteiger partial charge on any atom is 0.132 e. The Balaban J connectivity index is 2.84. The zero-order valence-corrected chi connectivity index (χ0v) is 10.2. The molecule has 0 unspecified atom stereocenters. The number of ether oxygens (including phenoxy) is 2. The van der Waals surface area contributed by atoms with Gasteiger partial charge in [-0.05, 0) is 13.0 Å². The number of hydrogen-bond acceptors (Lipinski definition) is 3. The molecule has 2 aromatic carbocycles. The van der Waals surface area contributed by atoms with Gasteiger partial charge in [0.05, 0.1) is 20.3 Å². The molecule has 1 N–H and O–H groups in total. The molecule has 0 bridgehead atoms. The van der Waals surface area contributed by atoms with Crippen LogP contribution in [0.3, 0.4) is 0 Å². The first-order chi connectivity index (χ1) is 8.19. The molecule has 0 aliphatic heterocycles. The third-order valence-electron chi connectivity index (χ3n) is 2.86. The fraction of sp³-hybridized carbons (Fsp3) is 0.286. The molecule has 3 heteroatoms. The number of methoxy groups -OCH3 is 2. The van der Waals surface area contributed by atoms with Crippen LogP contribution < -0.4 is 9.47 Å². The molecule has 0 amide bonds. The van der Waals surface area contributed by atoms with Gasteiger partial charge < -0.3 is 14.6 Å². The number of benzene rings is 2.